The Morgan fingerprint density at radius 2 is 1.97 bits per heavy atom. The summed E-state index contributed by atoms with van der Waals surface area (Å²) in [6.45, 7) is 4.42. The molecule has 31 heavy (non-hydrogen) atoms. The van der Waals surface area contributed by atoms with Gasteiger partial charge in [-0.3, -0.25) is 4.79 Å². The van der Waals surface area contributed by atoms with Crippen LogP contribution < -0.4 is 15.0 Å². The van der Waals surface area contributed by atoms with Crippen LogP contribution in [0.5, 0.6) is 5.75 Å². The lowest BCUT2D eigenvalue weighted by molar-refractivity contribution is -0.127. The lowest BCUT2D eigenvalue weighted by Crippen LogP contribution is -2.53. The van der Waals surface area contributed by atoms with Crippen LogP contribution in [0.4, 0.5) is 5.69 Å². The van der Waals surface area contributed by atoms with Crippen LogP contribution >= 0.6 is 35.3 Å². The topological polar surface area (TPSA) is 60.4 Å². The van der Waals surface area contributed by atoms with Gasteiger partial charge in [-0.25, -0.2) is 4.99 Å². The number of hydrogen-bond acceptors (Lipinski definition) is 5. The van der Waals surface area contributed by atoms with E-state index in [1.807, 2.05) is 12.1 Å². The predicted molar refractivity (Wildman–Crippen MR) is 139 cm³/mol. The number of likely N-dealkylation sites (N-methyl/N-ethyl adjacent to an activating group) is 1. The maximum absolute atomic E-state index is 12.0. The van der Waals surface area contributed by atoms with Crippen molar-refractivity contribution in [3.8, 4) is 5.75 Å². The van der Waals surface area contributed by atoms with Crippen molar-refractivity contribution in [2.45, 2.75) is 6.42 Å². The molecule has 1 amide bonds. The van der Waals surface area contributed by atoms with E-state index in [-0.39, 0.29) is 36.4 Å². The average molecular weight is 558 g/mol. The Morgan fingerprint density at radius 1 is 1.19 bits per heavy atom. The second kappa shape index (κ2) is 12.7. The van der Waals surface area contributed by atoms with E-state index >= 15 is 0 Å². The van der Waals surface area contributed by atoms with Crippen LogP contribution in [0, 0.1) is 0 Å². The van der Waals surface area contributed by atoms with E-state index in [4.69, 9.17) is 4.74 Å². The maximum atomic E-state index is 12.0. The molecule has 1 N–H and O–H groups in total. The van der Waals surface area contributed by atoms with Crippen molar-refractivity contribution in [1.82, 2.24) is 15.1 Å². The van der Waals surface area contributed by atoms with Crippen LogP contribution in [0.2, 0.25) is 0 Å². The van der Waals surface area contributed by atoms with E-state index in [1.54, 1.807) is 37.4 Å². The molecule has 0 spiro atoms. The van der Waals surface area contributed by atoms with Gasteiger partial charge in [-0.1, -0.05) is 12.1 Å². The Labute approximate surface area is 206 Å². The standard InChI is InChI=1S/C22H31N5O2S.HI/c1-25(2)21(28)17-24-22(23-10-9-20-8-5-15-30-20)27-13-11-26(12-14-27)18-6-4-7-19(16-18)29-3;/h4-8,15-16H,9-14,17H2,1-3H3,(H,23,24);1H. The van der Waals surface area contributed by atoms with Crippen molar-refractivity contribution in [2.75, 3.05) is 65.4 Å². The maximum Gasteiger partial charge on any atom is 0.243 e. The fourth-order valence-corrected chi connectivity index (χ4v) is 4.00. The molecule has 0 aliphatic carbocycles. The molecule has 9 heteroatoms. The number of guanidine groups is 1. The first-order valence-corrected chi connectivity index (χ1v) is 11.1. The first-order valence-electron chi connectivity index (χ1n) is 10.2. The summed E-state index contributed by atoms with van der Waals surface area (Å²) in [5.41, 5.74) is 1.17. The molecule has 0 unspecified atom stereocenters. The number of piperazine rings is 1. The van der Waals surface area contributed by atoms with Gasteiger partial charge >= 0.3 is 0 Å². The monoisotopic (exact) mass is 557 g/mol. The second-order valence-corrected chi connectivity index (χ2v) is 8.39. The summed E-state index contributed by atoms with van der Waals surface area (Å²) in [5, 5.41) is 5.56. The smallest absolute Gasteiger partial charge is 0.243 e. The van der Waals surface area contributed by atoms with E-state index in [0.29, 0.717) is 0 Å². The molecule has 7 nitrogen and oxygen atoms in total. The third kappa shape index (κ3) is 7.57. The Bertz CT molecular complexity index is 836. The molecule has 1 aliphatic heterocycles. The molecular formula is C22H32IN5O2S. The minimum absolute atomic E-state index is 0. The van der Waals surface area contributed by atoms with Gasteiger partial charge in [0.25, 0.3) is 0 Å². The van der Waals surface area contributed by atoms with Crippen molar-refractivity contribution < 1.29 is 9.53 Å². The molecule has 1 saturated heterocycles. The number of anilines is 1. The van der Waals surface area contributed by atoms with Crippen molar-refractivity contribution in [1.29, 1.82) is 0 Å². The summed E-state index contributed by atoms with van der Waals surface area (Å²) in [7, 11) is 5.21. The van der Waals surface area contributed by atoms with E-state index in [1.165, 1.54) is 10.6 Å². The van der Waals surface area contributed by atoms with Crippen LogP contribution in [0.1, 0.15) is 4.88 Å². The Hall–Kier alpha value is -2.01. The Balaban J connectivity index is 0.00000341. The van der Waals surface area contributed by atoms with Gasteiger partial charge in [-0.15, -0.1) is 35.3 Å². The molecule has 1 aromatic carbocycles. The Kier molecular flexibility index (Phi) is 10.4. The summed E-state index contributed by atoms with van der Waals surface area (Å²) >= 11 is 1.76. The predicted octanol–water partition coefficient (Wildman–Crippen LogP) is 2.77. The highest BCUT2D eigenvalue weighted by molar-refractivity contribution is 14.0. The molecular weight excluding hydrogens is 525 g/mol. The van der Waals surface area contributed by atoms with E-state index in [9.17, 15) is 4.79 Å². The number of aliphatic imine (C=N–C) groups is 1. The fourth-order valence-electron chi connectivity index (χ4n) is 3.29. The van der Waals surface area contributed by atoms with Gasteiger partial charge in [-0.2, -0.15) is 0 Å². The SMILES string of the molecule is COc1cccc(N2CCN(C(=NCC(=O)N(C)C)NCCc3cccs3)CC2)c1.I. The molecule has 2 heterocycles. The van der Waals surface area contributed by atoms with Crippen LogP contribution in [0.15, 0.2) is 46.8 Å². The summed E-state index contributed by atoms with van der Waals surface area (Å²) < 4.78 is 5.35. The molecule has 2 aromatic rings. The number of amides is 1. The zero-order valence-corrected chi connectivity index (χ0v) is 21.6. The van der Waals surface area contributed by atoms with Gasteiger partial charge < -0.3 is 24.8 Å². The van der Waals surface area contributed by atoms with Crippen molar-refractivity contribution in [2.24, 2.45) is 4.99 Å². The highest BCUT2D eigenvalue weighted by Gasteiger charge is 2.20. The summed E-state index contributed by atoms with van der Waals surface area (Å²) in [6.07, 6.45) is 0.947. The third-order valence-corrected chi connectivity index (χ3v) is 6.03. The first-order chi connectivity index (χ1) is 14.6. The first kappa shape index (κ1) is 25.3. The normalized spacial score (nSPS) is 14.1. The number of ether oxygens (including phenoxy) is 1. The molecule has 0 bridgehead atoms. The van der Waals surface area contributed by atoms with Gasteiger partial charge in [0, 0.05) is 63.5 Å². The minimum atomic E-state index is 0. The van der Waals surface area contributed by atoms with Crippen LogP contribution in [-0.2, 0) is 11.2 Å². The van der Waals surface area contributed by atoms with Crippen LogP contribution in [0.3, 0.4) is 0 Å². The van der Waals surface area contributed by atoms with Crippen LogP contribution in [-0.4, -0.2) is 82.1 Å². The zero-order valence-electron chi connectivity index (χ0n) is 18.4. The number of hydrogen-bond donors (Lipinski definition) is 1. The molecule has 170 valence electrons. The molecule has 0 radical (unpaired) electrons. The quantitative estimate of drug-likeness (QED) is 0.323. The third-order valence-electron chi connectivity index (χ3n) is 5.10. The lowest BCUT2D eigenvalue weighted by atomic mass is 10.2. The molecule has 0 saturated carbocycles. The van der Waals surface area contributed by atoms with E-state index in [0.717, 1.165) is 50.9 Å². The fraction of sp³-hybridized carbons (Fsp3) is 0.455. The highest BCUT2D eigenvalue weighted by atomic mass is 127. The summed E-state index contributed by atoms with van der Waals surface area (Å²) in [6, 6.07) is 12.4. The number of thiophene rings is 1. The van der Waals surface area contributed by atoms with Crippen molar-refractivity contribution >= 4 is 52.9 Å². The van der Waals surface area contributed by atoms with Gasteiger partial charge in [0.2, 0.25) is 5.91 Å². The largest absolute Gasteiger partial charge is 0.497 e. The summed E-state index contributed by atoms with van der Waals surface area (Å²) in [5.74, 6) is 1.68. The summed E-state index contributed by atoms with van der Waals surface area (Å²) in [4.78, 5) is 24.2. The number of benzene rings is 1. The molecule has 3 rings (SSSR count). The number of rotatable bonds is 7. The highest BCUT2D eigenvalue weighted by Crippen LogP contribution is 2.22. The second-order valence-electron chi connectivity index (χ2n) is 7.36. The number of nitrogens with zero attached hydrogens (tertiary/aromatic N) is 4. The number of halogens is 1. The number of nitrogens with one attached hydrogen (secondary N) is 1. The van der Waals surface area contributed by atoms with E-state index < -0.39 is 0 Å². The minimum Gasteiger partial charge on any atom is -0.497 e. The van der Waals surface area contributed by atoms with Gasteiger partial charge in [0.05, 0.1) is 7.11 Å². The molecule has 1 aliphatic rings. The molecule has 1 aromatic heterocycles. The van der Waals surface area contributed by atoms with Gasteiger partial charge in [0.15, 0.2) is 5.96 Å². The number of carbonyl (C=O) groups excluding carboxylic acids is 1. The van der Waals surface area contributed by atoms with Crippen molar-refractivity contribution in [3.05, 3.63) is 46.7 Å². The Morgan fingerprint density at radius 3 is 2.61 bits per heavy atom. The lowest BCUT2D eigenvalue weighted by Gasteiger charge is -2.38. The van der Waals surface area contributed by atoms with Gasteiger partial charge in [-0.05, 0) is 30.0 Å². The zero-order chi connectivity index (χ0) is 21.3. The van der Waals surface area contributed by atoms with Crippen LogP contribution in [0.25, 0.3) is 0 Å². The molecule has 0 atom stereocenters. The number of methoxy groups -OCH3 is 1. The average Bonchev–Trinajstić information content (AvgIpc) is 3.29. The van der Waals surface area contributed by atoms with Crippen molar-refractivity contribution in [3.63, 3.8) is 0 Å². The number of carbonyl (C=O) groups is 1. The van der Waals surface area contributed by atoms with Gasteiger partial charge in [0.1, 0.15) is 12.3 Å². The molecule has 1 fully saturated rings. The van der Waals surface area contributed by atoms with E-state index in [2.05, 4.69) is 49.8 Å².